The number of hydrogen-bond donors (Lipinski definition) is 0. The maximum atomic E-state index is 11.8. The highest BCUT2D eigenvalue weighted by molar-refractivity contribution is 5.83. The maximum absolute atomic E-state index is 11.8. The molecule has 0 aromatic heterocycles. The molecule has 1 aliphatic heterocycles. The molecule has 22 heavy (non-hydrogen) atoms. The minimum atomic E-state index is -0.527. The third-order valence-corrected chi connectivity index (χ3v) is 3.90. The van der Waals surface area contributed by atoms with Gasteiger partial charge in [-0.3, -0.25) is 5.01 Å². The van der Waals surface area contributed by atoms with Crippen molar-refractivity contribution >= 4 is 16.7 Å². The van der Waals surface area contributed by atoms with Crippen LogP contribution in [0.25, 0.3) is 10.8 Å². The number of rotatable bonds is 4. The van der Waals surface area contributed by atoms with E-state index in [0.29, 0.717) is 13.2 Å². The van der Waals surface area contributed by atoms with Crippen molar-refractivity contribution in [2.24, 2.45) is 10.3 Å². The van der Waals surface area contributed by atoms with Crippen molar-refractivity contribution in [1.29, 1.82) is 0 Å². The Balaban J connectivity index is 1.73. The summed E-state index contributed by atoms with van der Waals surface area (Å²) in [6.07, 6.45) is 0. The standard InChI is InChI=1S/C17H19N3O2/c1-3-22-17(21)16-12(2)20(19-18-16)11-13-8-9-14-6-4-5-7-15(14)10-13/h4-10,12,16H,3,11H2,1-2H3. The normalized spacial score (nSPS) is 20.5. The Morgan fingerprint density at radius 2 is 2.00 bits per heavy atom. The minimum Gasteiger partial charge on any atom is -0.464 e. The van der Waals surface area contributed by atoms with Gasteiger partial charge in [0.15, 0.2) is 6.04 Å². The zero-order chi connectivity index (χ0) is 15.5. The van der Waals surface area contributed by atoms with Crippen molar-refractivity contribution in [1.82, 2.24) is 5.01 Å². The van der Waals surface area contributed by atoms with Crippen LogP contribution >= 0.6 is 0 Å². The summed E-state index contributed by atoms with van der Waals surface area (Å²) in [5.41, 5.74) is 1.15. The predicted octanol–water partition coefficient (Wildman–Crippen LogP) is 3.34. The Bertz CT molecular complexity index is 714. The number of esters is 1. The van der Waals surface area contributed by atoms with Gasteiger partial charge in [-0.15, -0.1) is 0 Å². The van der Waals surface area contributed by atoms with E-state index >= 15 is 0 Å². The summed E-state index contributed by atoms with van der Waals surface area (Å²) in [5, 5.41) is 12.4. The molecule has 2 aromatic rings. The second-order valence-electron chi connectivity index (χ2n) is 5.42. The van der Waals surface area contributed by atoms with Crippen molar-refractivity contribution in [2.45, 2.75) is 32.5 Å². The van der Waals surface area contributed by atoms with Gasteiger partial charge in [0.25, 0.3) is 0 Å². The first-order valence-corrected chi connectivity index (χ1v) is 7.50. The van der Waals surface area contributed by atoms with Crippen LogP contribution in [0.4, 0.5) is 0 Å². The Morgan fingerprint density at radius 1 is 1.23 bits per heavy atom. The number of carbonyl (C=O) groups excluding carboxylic acids is 1. The van der Waals surface area contributed by atoms with Crippen LogP contribution in [0.3, 0.4) is 0 Å². The largest absolute Gasteiger partial charge is 0.464 e. The molecular weight excluding hydrogens is 278 g/mol. The van der Waals surface area contributed by atoms with Crippen LogP contribution in [0.1, 0.15) is 19.4 Å². The molecule has 0 radical (unpaired) electrons. The van der Waals surface area contributed by atoms with E-state index in [1.165, 1.54) is 10.8 Å². The number of benzene rings is 2. The summed E-state index contributed by atoms with van der Waals surface area (Å²) in [6, 6.07) is 14.0. The molecule has 5 heteroatoms. The minimum absolute atomic E-state index is 0.0921. The molecule has 0 saturated carbocycles. The van der Waals surface area contributed by atoms with Gasteiger partial charge in [-0.2, -0.15) is 5.11 Å². The molecule has 2 aromatic carbocycles. The molecule has 1 heterocycles. The monoisotopic (exact) mass is 297 g/mol. The molecule has 0 spiro atoms. The highest BCUT2D eigenvalue weighted by Crippen LogP contribution is 2.23. The van der Waals surface area contributed by atoms with E-state index in [9.17, 15) is 4.79 Å². The van der Waals surface area contributed by atoms with Gasteiger partial charge < -0.3 is 4.74 Å². The molecule has 0 bridgehead atoms. The third kappa shape index (κ3) is 2.79. The summed E-state index contributed by atoms with van der Waals surface area (Å²) in [6.45, 7) is 4.73. The Kier molecular flexibility index (Phi) is 4.04. The molecule has 0 amide bonds. The van der Waals surface area contributed by atoms with Gasteiger partial charge in [0.05, 0.1) is 19.2 Å². The molecule has 3 rings (SSSR count). The quantitative estimate of drug-likeness (QED) is 0.813. The lowest BCUT2D eigenvalue weighted by molar-refractivity contribution is -0.145. The van der Waals surface area contributed by atoms with Crippen molar-refractivity contribution in [3.63, 3.8) is 0 Å². The van der Waals surface area contributed by atoms with Crippen molar-refractivity contribution in [3.05, 3.63) is 48.0 Å². The summed E-state index contributed by atoms with van der Waals surface area (Å²) < 4.78 is 5.03. The highest BCUT2D eigenvalue weighted by Gasteiger charge is 2.35. The zero-order valence-corrected chi connectivity index (χ0v) is 12.8. The lowest BCUT2D eigenvalue weighted by atomic mass is 10.1. The summed E-state index contributed by atoms with van der Waals surface area (Å²) in [4.78, 5) is 11.8. The van der Waals surface area contributed by atoms with Crippen LogP contribution in [-0.2, 0) is 16.1 Å². The first kappa shape index (κ1) is 14.5. The molecule has 0 N–H and O–H groups in total. The van der Waals surface area contributed by atoms with E-state index in [0.717, 1.165) is 5.56 Å². The molecule has 2 unspecified atom stereocenters. The second kappa shape index (κ2) is 6.13. The third-order valence-electron chi connectivity index (χ3n) is 3.90. The van der Waals surface area contributed by atoms with Gasteiger partial charge in [-0.05, 0) is 36.2 Å². The van der Waals surface area contributed by atoms with Gasteiger partial charge in [0.2, 0.25) is 0 Å². The highest BCUT2D eigenvalue weighted by atomic mass is 16.5. The summed E-state index contributed by atoms with van der Waals surface area (Å²) >= 11 is 0. The van der Waals surface area contributed by atoms with Gasteiger partial charge in [0, 0.05) is 0 Å². The first-order valence-electron chi connectivity index (χ1n) is 7.50. The molecule has 0 aliphatic carbocycles. The van der Waals surface area contributed by atoms with E-state index < -0.39 is 6.04 Å². The second-order valence-corrected chi connectivity index (χ2v) is 5.42. The van der Waals surface area contributed by atoms with E-state index in [-0.39, 0.29) is 12.0 Å². The first-order chi connectivity index (χ1) is 10.7. The lowest BCUT2D eigenvalue weighted by Crippen LogP contribution is -2.37. The zero-order valence-electron chi connectivity index (χ0n) is 12.8. The summed E-state index contributed by atoms with van der Waals surface area (Å²) in [7, 11) is 0. The number of ether oxygens (including phenoxy) is 1. The van der Waals surface area contributed by atoms with E-state index in [2.05, 4.69) is 40.7 Å². The van der Waals surface area contributed by atoms with Crippen LogP contribution in [0.5, 0.6) is 0 Å². The van der Waals surface area contributed by atoms with E-state index in [1.54, 1.807) is 6.92 Å². The number of nitrogens with zero attached hydrogens (tertiary/aromatic N) is 3. The maximum Gasteiger partial charge on any atom is 0.335 e. The fourth-order valence-electron chi connectivity index (χ4n) is 2.63. The lowest BCUT2D eigenvalue weighted by Gasteiger charge is -2.21. The van der Waals surface area contributed by atoms with Crippen molar-refractivity contribution < 1.29 is 9.53 Å². The van der Waals surface area contributed by atoms with Crippen LogP contribution in [0.2, 0.25) is 0 Å². The fourth-order valence-corrected chi connectivity index (χ4v) is 2.63. The Hall–Kier alpha value is -2.43. The van der Waals surface area contributed by atoms with Crippen LogP contribution in [0.15, 0.2) is 52.8 Å². The van der Waals surface area contributed by atoms with Gasteiger partial charge in [-0.1, -0.05) is 41.6 Å². The fraction of sp³-hybridized carbons (Fsp3) is 0.353. The van der Waals surface area contributed by atoms with Crippen LogP contribution in [-0.4, -0.2) is 29.7 Å². The van der Waals surface area contributed by atoms with Crippen LogP contribution < -0.4 is 0 Å². The molecule has 1 aliphatic rings. The Labute approximate surface area is 129 Å². The number of hydrogen-bond acceptors (Lipinski definition) is 5. The van der Waals surface area contributed by atoms with Gasteiger partial charge >= 0.3 is 5.97 Å². The summed E-state index contributed by atoms with van der Waals surface area (Å²) in [5.74, 6) is -0.306. The smallest absolute Gasteiger partial charge is 0.335 e. The number of carbonyl (C=O) groups is 1. The van der Waals surface area contributed by atoms with E-state index in [4.69, 9.17) is 4.74 Å². The molecule has 2 atom stereocenters. The molecule has 5 nitrogen and oxygen atoms in total. The van der Waals surface area contributed by atoms with E-state index in [1.807, 2.05) is 24.1 Å². The molecule has 114 valence electrons. The Morgan fingerprint density at radius 3 is 2.77 bits per heavy atom. The topological polar surface area (TPSA) is 54.3 Å². The van der Waals surface area contributed by atoms with Crippen molar-refractivity contribution in [3.8, 4) is 0 Å². The molecule has 0 saturated heterocycles. The number of fused-ring (bicyclic) bond motifs is 1. The van der Waals surface area contributed by atoms with Gasteiger partial charge in [-0.25, -0.2) is 4.79 Å². The average Bonchev–Trinajstić information content (AvgIpc) is 2.88. The molecular formula is C17H19N3O2. The van der Waals surface area contributed by atoms with Crippen LogP contribution in [0, 0.1) is 0 Å². The molecule has 0 fully saturated rings. The van der Waals surface area contributed by atoms with Crippen molar-refractivity contribution in [2.75, 3.05) is 6.61 Å². The SMILES string of the molecule is CCOC(=O)C1N=NN(Cc2ccc3ccccc3c2)C1C. The average molecular weight is 297 g/mol. The van der Waals surface area contributed by atoms with Gasteiger partial charge in [0.1, 0.15) is 0 Å². The predicted molar refractivity (Wildman–Crippen MR) is 84.2 cm³/mol.